The molecule has 0 aliphatic rings. The molecule has 0 radical (unpaired) electrons. The summed E-state index contributed by atoms with van der Waals surface area (Å²) in [5.74, 6) is -0.426. The topological polar surface area (TPSA) is 71.3 Å². The van der Waals surface area contributed by atoms with E-state index in [2.05, 4.69) is 5.32 Å². The normalized spacial score (nSPS) is 12.1. The highest BCUT2D eigenvalue weighted by molar-refractivity contribution is 6.03. The largest absolute Gasteiger partial charge is 0.395 e. The molecule has 0 aliphatic carbocycles. The van der Waals surface area contributed by atoms with Crippen LogP contribution in [0.15, 0.2) is 65.6 Å². The molecule has 3 rings (SSSR count). The Hall–Kier alpha value is -2.92. The van der Waals surface area contributed by atoms with Gasteiger partial charge in [0.15, 0.2) is 0 Å². The number of nitrogens with one attached hydrogen (secondary N) is 1. The first-order valence-corrected chi connectivity index (χ1v) is 8.20. The summed E-state index contributed by atoms with van der Waals surface area (Å²) >= 11 is 0. The predicted octanol–water partition coefficient (Wildman–Crippen LogP) is 2.74. The number of nitrogens with zero attached hydrogens (tertiary/aromatic N) is 1. The fraction of sp³-hybridized carbons (Fsp3) is 0.200. The summed E-state index contributed by atoms with van der Waals surface area (Å²) in [5, 5.41) is 13.2. The molecule has 1 heterocycles. The summed E-state index contributed by atoms with van der Waals surface area (Å²) in [6, 6.07) is 16.6. The van der Waals surface area contributed by atoms with E-state index in [-0.39, 0.29) is 30.5 Å². The van der Waals surface area contributed by atoms with Gasteiger partial charge in [-0.3, -0.25) is 9.59 Å². The van der Waals surface area contributed by atoms with E-state index >= 15 is 0 Å². The maximum absolute atomic E-state index is 12.6. The summed E-state index contributed by atoms with van der Waals surface area (Å²) in [6.07, 6.45) is 1.64. The number of fused-ring (bicyclic) bond motifs is 1. The Morgan fingerprint density at radius 3 is 2.56 bits per heavy atom. The van der Waals surface area contributed by atoms with Crippen molar-refractivity contribution in [1.82, 2.24) is 4.57 Å². The molecular formula is C20H20N2O3. The van der Waals surface area contributed by atoms with Crippen molar-refractivity contribution in [2.24, 2.45) is 0 Å². The Balaban J connectivity index is 1.93. The SMILES string of the molecule is CC(C(=O)Nc1cccc2c(=O)n(CCO)ccc12)c1ccccc1. The number of benzene rings is 2. The Bertz CT molecular complexity index is 948. The van der Waals surface area contributed by atoms with Crippen LogP contribution in [0, 0.1) is 0 Å². The monoisotopic (exact) mass is 336 g/mol. The van der Waals surface area contributed by atoms with Crippen molar-refractivity contribution in [3.63, 3.8) is 0 Å². The third-order valence-electron chi connectivity index (χ3n) is 4.31. The van der Waals surface area contributed by atoms with Gasteiger partial charge in [-0.05, 0) is 30.7 Å². The van der Waals surface area contributed by atoms with E-state index in [0.29, 0.717) is 16.5 Å². The Morgan fingerprint density at radius 1 is 1.08 bits per heavy atom. The highest BCUT2D eigenvalue weighted by Crippen LogP contribution is 2.23. The number of aliphatic hydroxyl groups excluding tert-OH is 1. The standard InChI is InChI=1S/C20H20N2O3/c1-14(15-6-3-2-4-7-15)19(24)21-18-9-5-8-17-16(18)10-11-22(12-13-23)20(17)25/h2-11,14,23H,12-13H2,1H3,(H,21,24). The molecule has 128 valence electrons. The number of rotatable bonds is 5. The lowest BCUT2D eigenvalue weighted by Crippen LogP contribution is -2.22. The van der Waals surface area contributed by atoms with Crippen LogP contribution in [-0.4, -0.2) is 22.2 Å². The Morgan fingerprint density at radius 2 is 1.84 bits per heavy atom. The fourth-order valence-corrected chi connectivity index (χ4v) is 2.85. The fourth-order valence-electron chi connectivity index (χ4n) is 2.85. The van der Waals surface area contributed by atoms with Crippen molar-refractivity contribution in [3.8, 4) is 0 Å². The number of hydrogen-bond donors (Lipinski definition) is 2. The second kappa shape index (κ2) is 7.32. The van der Waals surface area contributed by atoms with Crippen LogP contribution in [0.3, 0.4) is 0 Å². The van der Waals surface area contributed by atoms with Crippen LogP contribution in [-0.2, 0) is 11.3 Å². The van der Waals surface area contributed by atoms with Gasteiger partial charge in [0.05, 0.1) is 12.5 Å². The average molecular weight is 336 g/mol. The molecule has 25 heavy (non-hydrogen) atoms. The van der Waals surface area contributed by atoms with E-state index in [1.54, 1.807) is 30.5 Å². The van der Waals surface area contributed by atoms with E-state index < -0.39 is 0 Å². The average Bonchev–Trinajstić information content (AvgIpc) is 2.64. The lowest BCUT2D eigenvalue weighted by Gasteiger charge is -2.14. The maximum Gasteiger partial charge on any atom is 0.258 e. The van der Waals surface area contributed by atoms with Crippen LogP contribution >= 0.6 is 0 Å². The molecule has 0 fully saturated rings. The molecule has 1 aromatic heterocycles. The molecule has 0 aliphatic heterocycles. The van der Waals surface area contributed by atoms with Crippen molar-refractivity contribution in [2.45, 2.75) is 19.4 Å². The number of aromatic nitrogens is 1. The number of anilines is 1. The first-order valence-electron chi connectivity index (χ1n) is 8.20. The predicted molar refractivity (Wildman–Crippen MR) is 98.8 cm³/mol. The molecule has 5 heteroatoms. The van der Waals surface area contributed by atoms with Crippen LogP contribution in [0.4, 0.5) is 5.69 Å². The van der Waals surface area contributed by atoms with Crippen molar-refractivity contribution >= 4 is 22.4 Å². The highest BCUT2D eigenvalue weighted by Gasteiger charge is 2.16. The molecule has 1 unspecified atom stereocenters. The van der Waals surface area contributed by atoms with E-state index in [1.807, 2.05) is 37.3 Å². The number of amides is 1. The van der Waals surface area contributed by atoms with Gasteiger partial charge in [0.2, 0.25) is 5.91 Å². The molecule has 0 bridgehead atoms. The Kier molecular flexibility index (Phi) is 4.95. The van der Waals surface area contributed by atoms with Crippen LogP contribution in [0.2, 0.25) is 0 Å². The first kappa shape index (κ1) is 16.9. The zero-order valence-corrected chi connectivity index (χ0v) is 14.0. The molecule has 1 amide bonds. The zero-order valence-electron chi connectivity index (χ0n) is 14.0. The summed E-state index contributed by atoms with van der Waals surface area (Å²) in [6.45, 7) is 2.00. The van der Waals surface area contributed by atoms with Crippen molar-refractivity contribution in [2.75, 3.05) is 11.9 Å². The summed E-state index contributed by atoms with van der Waals surface area (Å²) in [5.41, 5.74) is 1.36. The second-order valence-electron chi connectivity index (χ2n) is 5.93. The molecule has 0 spiro atoms. The number of carbonyl (C=O) groups is 1. The molecule has 3 aromatic rings. The van der Waals surface area contributed by atoms with Gasteiger partial charge in [-0.1, -0.05) is 36.4 Å². The zero-order chi connectivity index (χ0) is 17.8. The van der Waals surface area contributed by atoms with Gasteiger partial charge in [0.25, 0.3) is 5.56 Å². The van der Waals surface area contributed by atoms with Gasteiger partial charge in [-0.25, -0.2) is 0 Å². The van der Waals surface area contributed by atoms with Crippen LogP contribution in [0.25, 0.3) is 10.8 Å². The maximum atomic E-state index is 12.6. The highest BCUT2D eigenvalue weighted by atomic mass is 16.3. The molecular weight excluding hydrogens is 316 g/mol. The van der Waals surface area contributed by atoms with Crippen LogP contribution in [0.5, 0.6) is 0 Å². The van der Waals surface area contributed by atoms with Gasteiger partial charge in [0.1, 0.15) is 0 Å². The van der Waals surface area contributed by atoms with Gasteiger partial charge < -0.3 is 15.0 Å². The summed E-state index contributed by atoms with van der Waals surface area (Å²) in [7, 11) is 0. The number of carbonyl (C=O) groups excluding carboxylic acids is 1. The summed E-state index contributed by atoms with van der Waals surface area (Å²) < 4.78 is 1.46. The number of pyridine rings is 1. The van der Waals surface area contributed by atoms with Crippen molar-refractivity contribution < 1.29 is 9.90 Å². The number of hydrogen-bond acceptors (Lipinski definition) is 3. The van der Waals surface area contributed by atoms with Crippen LogP contribution in [0.1, 0.15) is 18.4 Å². The second-order valence-corrected chi connectivity index (χ2v) is 5.93. The minimum atomic E-state index is -0.300. The quantitative estimate of drug-likeness (QED) is 0.752. The lowest BCUT2D eigenvalue weighted by molar-refractivity contribution is -0.117. The van der Waals surface area contributed by atoms with E-state index in [1.165, 1.54) is 4.57 Å². The van der Waals surface area contributed by atoms with E-state index in [4.69, 9.17) is 5.11 Å². The first-order chi connectivity index (χ1) is 12.1. The molecule has 2 N–H and O–H groups in total. The molecule has 5 nitrogen and oxygen atoms in total. The van der Waals surface area contributed by atoms with Crippen molar-refractivity contribution in [1.29, 1.82) is 0 Å². The molecule has 2 aromatic carbocycles. The van der Waals surface area contributed by atoms with Gasteiger partial charge in [0, 0.05) is 29.2 Å². The number of aliphatic hydroxyl groups is 1. The molecule has 1 atom stereocenters. The molecule has 0 saturated heterocycles. The Labute approximate surface area is 145 Å². The van der Waals surface area contributed by atoms with E-state index in [9.17, 15) is 9.59 Å². The third-order valence-corrected chi connectivity index (χ3v) is 4.31. The van der Waals surface area contributed by atoms with Crippen LogP contribution < -0.4 is 10.9 Å². The van der Waals surface area contributed by atoms with Crippen molar-refractivity contribution in [3.05, 3.63) is 76.7 Å². The van der Waals surface area contributed by atoms with E-state index in [0.717, 1.165) is 5.56 Å². The third kappa shape index (κ3) is 3.46. The summed E-state index contributed by atoms with van der Waals surface area (Å²) in [4.78, 5) is 25.0. The molecule has 0 saturated carbocycles. The minimum absolute atomic E-state index is 0.101. The lowest BCUT2D eigenvalue weighted by atomic mass is 10.00. The van der Waals surface area contributed by atoms with Gasteiger partial charge in [-0.2, -0.15) is 0 Å². The minimum Gasteiger partial charge on any atom is -0.395 e. The van der Waals surface area contributed by atoms with Gasteiger partial charge in [-0.15, -0.1) is 0 Å². The smallest absolute Gasteiger partial charge is 0.258 e. The van der Waals surface area contributed by atoms with Gasteiger partial charge >= 0.3 is 0 Å².